The lowest BCUT2D eigenvalue weighted by Gasteiger charge is -2.10. The molecule has 290 valence electrons. The number of aromatic nitrogens is 2. The van der Waals surface area contributed by atoms with Gasteiger partial charge in [-0.15, -0.1) is 17.5 Å². The SMILES string of the molecule is COC(=O)c1cccc(Cc2cc(N)nc(N)c2)c1.COC(=O)c1cccc(Cc2cc(N)nc(N)c2N=Nc2ccc(Cl)cc2)c1.Cl.Nc1ccc(Cl)cc1. The van der Waals surface area contributed by atoms with Crippen molar-refractivity contribution in [3.63, 3.8) is 0 Å². The number of hydrogen-bond acceptors (Lipinski definition) is 13. The maximum Gasteiger partial charge on any atom is 0.337 e. The Hall–Kier alpha value is -6.41. The molecule has 0 aliphatic rings. The van der Waals surface area contributed by atoms with Gasteiger partial charge in [-0.3, -0.25) is 0 Å². The fourth-order valence-electron chi connectivity index (χ4n) is 5.01. The van der Waals surface area contributed by atoms with E-state index < -0.39 is 5.97 Å². The lowest BCUT2D eigenvalue weighted by Crippen LogP contribution is -2.03. The number of benzene rings is 4. The van der Waals surface area contributed by atoms with Gasteiger partial charge in [0, 0.05) is 15.7 Å². The number of carbonyl (C=O) groups excluding carboxylic acids is 2. The Balaban J connectivity index is 0.000000258. The summed E-state index contributed by atoms with van der Waals surface area (Å²) in [4.78, 5) is 31.2. The smallest absolute Gasteiger partial charge is 0.337 e. The summed E-state index contributed by atoms with van der Waals surface area (Å²) in [5, 5.41) is 9.80. The molecule has 0 saturated carbocycles. The van der Waals surface area contributed by atoms with Gasteiger partial charge in [-0.1, -0.05) is 47.5 Å². The normalized spacial score (nSPS) is 10.2. The quantitative estimate of drug-likeness (QED) is 0.0554. The van der Waals surface area contributed by atoms with Gasteiger partial charge < -0.3 is 38.1 Å². The highest BCUT2D eigenvalue weighted by Crippen LogP contribution is 2.31. The first-order chi connectivity index (χ1) is 26.3. The van der Waals surface area contributed by atoms with E-state index in [1.54, 1.807) is 97.1 Å². The number of pyridine rings is 2. The Morgan fingerprint density at radius 1 is 0.589 bits per heavy atom. The molecule has 0 amide bonds. The van der Waals surface area contributed by atoms with Gasteiger partial charge in [-0.25, -0.2) is 19.6 Å². The van der Waals surface area contributed by atoms with Crippen LogP contribution in [-0.4, -0.2) is 36.1 Å². The van der Waals surface area contributed by atoms with Crippen molar-refractivity contribution >= 4 is 87.9 Å². The minimum Gasteiger partial charge on any atom is -0.465 e. The van der Waals surface area contributed by atoms with E-state index in [1.165, 1.54) is 14.2 Å². The number of nitrogen functional groups attached to an aromatic ring is 5. The summed E-state index contributed by atoms with van der Waals surface area (Å²) in [6.07, 6.45) is 1.07. The third kappa shape index (κ3) is 13.8. The molecule has 0 aliphatic heterocycles. The van der Waals surface area contributed by atoms with Gasteiger partial charge in [0.1, 0.15) is 23.1 Å². The predicted octanol–water partition coefficient (Wildman–Crippen LogP) is 8.66. The minimum atomic E-state index is -0.404. The lowest BCUT2D eigenvalue weighted by molar-refractivity contribution is 0.0591. The second-order valence-corrected chi connectivity index (χ2v) is 12.6. The monoisotopic (exact) mass is 815 g/mol. The highest BCUT2D eigenvalue weighted by molar-refractivity contribution is 6.30. The Morgan fingerprint density at radius 3 is 1.57 bits per heavy atom. The number of esters is 2. The molecular formula is C40H40Cl3N9O4. The molecule has 13 nitrogen and oxygen atoms in total. The molecule has 0 atom stereocenters. The number of nitrogens with zero attached hydrogens (tertiary/aromatic N) is 4. The number of halogens is 3. The van der Waals surface area contributed by atoms with Gasteiger partial charge in [-0.05, 0) is 126 Å². The summed E-state index contributed by atoms with van der Waals surface area (Å²) in [7, 11) is 2.70. The first-order valence-electron chi connectivity index (χ1n) is 16.4. The average Bonchev–Trinajstić information content (AvgIpc) is 3.16. The van der Waals surface area contributed by atoms with Crippen LogP contribution in [0.5, 0.6) is 0 Å². The van der Waals surface area contributed by atoms with Gasteiger partial charge in [0.05, 0.1) is 31.0 Å². The first kappa shape index (κ1) is 44.0. The summed E-state index contributed by atoms with van der Waals surface area (Å²) in [5.74, 6) is 0.478. The molecule has 6 rings (SSSR count). The van der Waals surface area contributed by atoms with Crippen molar-refractivity contribution in [1.82, 2.24) is 9.97 Å². The standard InChI is InChI=1S/C20H18ClN5O2.C14H15N3O2.C6H6ClN.ClH/c1-28-20(27)13-4-2-3-12(9-13)10-14-11-17(22)24-19(23)18(14)26-25-16-7-5-15(21)6-8-16;1-19-14(18)11-4-2-3-9(6-11)5-10-7-12(15)17-13(16)8-10;7-5-1-3-6(8)4-2-5;/h2-9,11H,10H2,1H3,(H4,22,23,24);2-4,6-8H,5H2,1H3,(H4,15,16,17);1-4H,8H2;1H. The van der Waals surface area contributed by atoms with Crippen LogP contribution in [0.1, 0.15) is 43.0 Å². The Kier molecular flexibility index (Phi) is 16.9. The number of carbonyl (C=O) groups is 2. The summed E-state index contributed by atoms with van der Waals surface area (Å²) in [5.41, 5.74) is 34.9. The number of methoxy groups -OCH3 is 2. The molecule has 4 aromatic carbocycles. The van der Waals surface area contributed by atoms with Crippen LogP contribution in [0.25, 0.3) is 0 Å². The van der Waals surface area contributed by atoms with Crippen LogP contribution in [0, 0.1) is 0 Å². The van der Waals surface area contributed by atoms with E-state index in [0.29, 0.717) is 52.0 Å². The second kappa shape index (κ2) is 21.5. The molecule has 56 heavy (non-hydrogen) atoms. The van der Waals surface area contributed by atoms with Crippen molar-refractivity contribution in [2.75, 3.05) is 42.9 Å². The molecule has 16 heteroatoms. The van der Waals surface area contributed by atoms with Gasteiger partial charge in [-0.2, -0.15) is 5.11 Å². The van der Waals surface area contributed by atoms with Crippen LogP contribution < -0.4 is 28.7 Å². The number of nitrogens with two attached hydrogens (primary N) is 5. The predicted molar refractivity (Wildman–Crippen MR) is 226 cm³/mol. The molecule has 2 heterocycles. The average molecular weight is 817 g/mol. The van der Waals surface area contributed by atoms with E-state index in [-0.39, 0.29) is 30.0 Å². The third-order valence-corrected chi connectivity index (χ3v) is 8.01. The van der Waals surface area contributed by atoms with Crippen LogP contribution in [0.3, 0.4) is 0 Å². The third-order valence-electron chi connectivity index (χ3n) is 7.50. The largest absolute Gasteiger partial charge is 0.465 e. The van der Waals surface area contributed by atoms with Crippen LogP contribution in [0.2, 0.25) is 10.0 Å². The zero-order valence-electron chi connectivity index (χ0n) is 30.4. The number of hydrogen-bond donors (Lipinski definition) is 5. The van der Waals surface area contributed by atoms with Crippen LogP contribution in [0.15, 0.2) is 125 Å². The van der Waals surface area contributed by atoms with E-state index in [0.717, 1.165) is 33.0 Å². The van der Waals surface area contributed by atoms with Gasteiger partial charge >= 0.3 is 11.9 Å². The van der Waals surface area contributed by atoms with Crippen LogP contribution in [-0.2, 0) is 22.3 Å². The van der Waals surface area contributed by atoms with Crippen molar-refractivity contribution in [1.29, 1.82) is 0 Å². The molecule has 2 aromatic heterocycles. The van der Waals surface area contributed by atoms with Crippen LogP contribution >= 0.6 is 35.6 Å². The summed E-state index contributed by atoms with van der Waals surface area (Å²) in [6.45, 7) is 0. The van der Waals surface area contributed by atoms with Crippen LogP contribution in [0.4, 0.5) is 40.3 Å². The Morgan fingerprint density at radius 2 is 1.07 bits per heavy atom. The van der Waals surface area contributed by atoms with E-state index in [2.05, 4.69) is 20.2 Å². The maximum atomic E-state index is 11.8. The zero-order valence-corrected chi connectivity index (χ0v) is 32.7. The van der Waals surface area contributed by atoms with Crippen molar-refractivity contribution in [3.05, 3.63) is 159 Å². The Bertz CT molecular complexity index is 2230. The van der Waals surface area contributed by atoms with Crippen molar-refractivity contribution in [2.45, 2.75) is 12.8 Å². The lowest BCUT2D eigenvalue weighted by atomic mass is 10.0. The molecule has 6 aromatic rings. The molecule has 0 radical (unpaired) electrons. The fraction of sp³-hybridized carbons (Fsp3) is 0.100. The summed E-state index contributed by atoms with van der Waals surface area (Å²) < 4.78 is 9.46. The molecule has 10 N–H and O–H groups in total. The fourth-order valence-corrected chi connectivity index (χ4v) is 5.26. The zero-order chi connectivity index (χ0) is 39.9. The number of azo groups is 1. The number of rotatable bonds is 8. The maximum absolute atomic E-state index is 11.8. The molecular weight excluding hydrogens is 777 g/mol. The summed E-state index contributed by atoms with van der Waals surface area (Å²) in [6, 6.07) is 33.6. The second-order valence-electron chi connectivity index (χ2n) is 11.7. The van der Waals surface area contributed by atoms with Crippen molar-refractivity contribution < 1.29 is 19.1 Å². The van der Waals surface area contributed by atoms with Crippen molar-refractivity contribution in [3.8, 4) is 0 Å². The van der Waals surface area contributed by atoms with Gasteiger partial charge in [0.15, 0.2) is 5.82 Å². The van der Waals surface area contributed by atoms with Gasteiger partial charge in [0.25, 0.3) is 0 Å². The topological polar surface area (TPSA) is 233 Å². The summed E-state index contributed by atoms with van der Waals surface area (Å²) >= 11 is 11.4. The highest BCUT2D eigenvalue weighted by Gasteiger charge is 2.13. The van der Waals surface area contributed by atoms with E-state index >= 15 is 0 Å². The van der Waals surface area contributed by atoms with Gasteiger partial charge in [0.2, 0.25) is 0 Å². The molecule has 0 saturated heterocycles. The molecule has 0 spiro atoms. The first-order valence-corrected chi connectivity index (χ1v) is 17.2. The molecule has 0 fully saturated rings. The van der Waals surface area contributed by atoms with E-state index in [9.17, 15) is 9.59 Å². The van der Waals surface area contributed by atoms with Crippen molar-refractivity contribution in [2.24, 2.45) is 10.2 Å². The molecule has 0 unspecified atom stereocenters. The molecule has 0 aliphatic carbocycles. The number of ether oxygens (including phenoxy) is 2. The van der Waals surface area contributed by atoms with E-state index in [1.807, 2.05) is 18.2 Å². The Labute approximate surface area is 340 Å². The van der Waals surface area contributed by atoms with E-state index in [4.69, 9.17) is 61.3 Å². The molecule has 0 bridgehead atoms. The number of anilines is 5. The highest BCUT2D eigenvalue weighted by atomic mass is 35.5. The minimum absolute atomic E-state index is 0.